The summed E-state index contributed by atoms with van der Waals surface area (Å²) in [5.74, 6) is -0.211. The minimum absolute atomic E-state index is 0.107. The van der Waals surface area contributed by atoms with E-state index in [1.807, 2.05) is 20.8 Å². The summed E-state index contributed by atoms with van der Waals surface area (Å²) in [6, 6.07) is 0. The second-order valence-electron chi connectivity index (χ2n) is 6.97. The number of Topliss-reactive ketones (excluding diaryl/α,β-unsaturated/α-hetero) is 1. The van der Waals surface area contributed by atoms with Crippen molar-refractivity contribution in [2.75, 3.05) is 0 Å². The standard InChI is InChI=1S/C15H20N6O/c1-14(2,3)10-9(16-7)12(19-18-10)20-21-13(17-8)11(22)15(4,5)6/h13H,1-6H3,(H,18,19). The van der Waals surface area contributed by atoms with Crippen LogP contribution in [0.5, 0.6) is 0 Å². The highest BCUT2D eigenvalue weighted by molar-refractivity contribution is 5.89. The predicted molar refractivity (Wildman–Crippen MR) is 82.9 cm³/mol. The van der Waals surface area contributed by atoms with Crippen LogP contribution in [0.25, 0.3) is 9.69 Å². The van der Waals surface area contributed by atoms with Crippen molar-refractivity contribution in [3.8, 4) is 0 Å². The van der Waals surface area contributed by atoms with Crippen molar-refractivity contribution in [3.05, 3.63) is 28.5 Å². The second kappa shape index (κ2) is 6.07. The molecule has 116 valence electrons. The van der Waals surface area contributed by atoms with Gasteiger partial charge >= 0.3 is 6.17 Å². The molecule has 1 aromatic rings. The molecule has 7 heteroatoms. The third-order valence-electron chi connectivity index (χ3n) is 2.94. The van der Waals surface area contributed by atoms with E-state index in [4.69, 9.17) is 13.1 Å². The molecular weight excluding hydrogens is 280 g/mol. The molecular formula is C15H20N6O. The van der Waals surface area contributed by atoms with Gasteiger partial charge < -0.3 is 0 Å². The quantitative estimate of drug-likeness (QED) is 0.670. The SMILES string of the molecule is [C-]#[N+]c1c(N=NC([N+]#[C-])C(=O)C(C)(C)C)n[nH]c1C(C)(C)C. The number of nitrogens with one attached hydrogen (secondary N) is 1. The number of carbonyl (C=O) groups is 1. The zero-order valence-corrected chi connectivity index (χ0v) is 13.7. The van der Waals surface area contributed by atoms with Crippen molar-refractivity contribution in [2.24, 2.45) is 15.6 Å². The molecule has 1 atom stereocenters. The Morgan fingerprint density at radius 3 is 2.23 bits per heavy atom. The average molecular weight is 300 g/mol. The van der Waals surface area contributed by atoms with Gasteiger partial charge in [0.1, 0.15) is 0 Å². The average Bonchev–Trinajstić information content (AvgIpc) is 2.81. The number of nitrogens with zero attached hydrogens (tertiary/aromatic N) is 5. The summed E-state index contributed by atoms with van der Waals surface area (Å²) in [5.41, 5.74) is -0.0544. The van der Waals surface area contributed by atoms with Gasteiger partial charge in [0, 0.05) is 11.1 Å². The molecule has 0 spiro atoms. The van der Waals surface area contributed by atoms with Crippen LogP contribution < -0.4 is 0 Å². The smallest absolute Gasteiger partial charge is 0.291 e. The summed E-state index contributed by atoms with van der Waals surface area (Å²) < 4.78 is 0. The van der Waals surface area contributed by atoms with E-state index in [0.717, 1.165) is 0 Å². The van der Waals surface area contributed by atoms with Gasteiger partial charge in [-0.15, -0.1) is 5.11 Å². The van der Waals surface area contributed by atoms with E-state index in [-0.39, 0.29) is 22.7 Å². The largest absolute Gasteiger partial charge is 0.391 e. The van der Waals surface area contributed by atoms with Crippen LogP contribution >= 0.6 is 0 Å². The lowest BCUT2D eigenvalue weighted by atomic mass is 9.89. The molecule has 0 bridgehead atoms. The normalized spacial score (nSPS) is 13.6. The van der Waals surface area contributed by atoms with E-state index in [1.165, 1.54) is 0 Å². The van der Waals surface area contributed by atoms with Crippen molar-refractivity contribution in [1.29, 1.82) is 0 Å². The first-order valence-electron chi connectivity index (χ1n) is 6.80. The van der Waals surface area contributed by atoms with Gasteiger partial charge in [-0.3, -0.25) is 14.7 Å². The molecule has 0 fully saturated rings. The lowest BCUT2D eigenvalue weighted by Crippen LogP contribution is -2.28. The van der Waals surface area contributed by atoms with Gasteiger partial charge in [-0.2, -0.15) is 5.10 Å². The van der Waals surface area contributed by atoms with E-state index in [0.29, 0.717) is 5.69 Å². The number of aromatic amines is 1. The van der Waals surface area contributed by atoms with Gasteiger partial charge in [-0.1, -0.05) is 46.7 Å². The number of hydrogen-bond acceptors (Lipinski definition) is 4. The molecule has 1 aromatic heterocycles. The molecule has 1 heterocycles. The molecule has 0 aromatic carbocycles. The Morgan fingerprint density at radius 1 is 1.23 bits per heavy atom. The molecule has 0 saturated carbocycles. The molecule has 1 unspecified atom stereocenters. The fourth-order valence-corrected chi connectivity index (χ4v) is 1.66. The fourth-order valence-electron chi connectivity index (χ4n) is 1.66. The van der Waals surface area contributed by atoms with E-state index >= 15 is 0 Å². The Morgan fingerprint density at radius 2 is 1.82 bits per heavy atom. The third kappa shape index (κ3) is 3.76. The number of carbonyl (C=O) groups excluding carboxylic acids is 1. The molecule has 1 N–H and O–H groups in total. The van der Waals surface area contributed by atoms with Crippen LogP contribution in [0.4, 0.5) is 11.5 Å². The van der Waals surface area contributed by atoms with E-state index < -0.39 is 11.6 Å². The van der Waals surface area contributed by atoms with Crippen LogP contribution in [0, 0.1) is 18.6 Å². The summed E-state index contributed by atoms with van der Waals surface area (Å²) in [7, 11) is 0. The summed E-state index contributed by atoms with van der Waals surface area (Å²) >= 11 is 0. The Balaban J connectivity index is 3.16. The molecule has 0 amide bonds. The summed E-state index contributed by atoms with van der Waals surface area (Å²) in [4.78, 5) is 18.7. The Hall–Kier alpha value is -2.54. The number of aromatic nitrogens is 2. The predicted octanol–water partition coefficient (Wildman–Crippen LogP) is 4.20. The van der Waals surface area contributed by atoms with Crippen LogP contribution in [0.15, 0.2) is 10.2 Å². The number of rotatable bonds is 3. The monoisotopic (exact) mass is 300 g/mol. The second-order valence-corrected chi connectivity index (χ2v) is 6.97. The Kier molecular flexibility index (Phi) is 4.83. The van der Waals surface area contributed by atoms with Crippen LogP contribution in [0.2, 0.25) is 0 Å². The zero-order valence-electron chi connectivity index (χ0n) is 13.7. The van der Waals surface area contributed by atoms with E-state index in [1.54, 1.807) is 20.8 Å². The van der Waals surface area contributed by atoms with Crippen molar-refractivity contribution < 1.29 is 4.79 Å². The maximum Gasteiger partial charge on any atom is 0.391 e. The summed E-state index contributed by atoms with van der Waals surface area (Å²) in [6.45, 7) is 25.4. The lowest BCUT2D eigenvalue weighted by molar-refractivity contribution is -0.126. The first-order chi connectivity index (χ1) is 10.0. The first-order valence-corrected chi connectivity index (χ1v) is 6.80. The molecule has 0 aliphatic rings. The highest BCUT2D eigenvalue weighted by Crippen LogP contribution is 2.37. The van der Waals surface area contributed by atoms with Crippen molar-refractivity contribution in [3.63, 3.8) is 0 Å². The molecule has 0 aliphatic carbocycles. The zero-order chi connectivity index (χ0) is 17.1. The van der Waals surface area contributed by atoms with Gasteiger partial charge in [0.15, 0.2) is 0 Å². The topological polar surface area (TPSA) is 79.2 Å². The van der Waals surface area contributed by atoms with Gasteiger partial charge in [-0.05, 0) is 5.41 Å². The van der Waals surface area contributed by atoms with Crippen molar-refractivity contribution in [2.45, 2.75) is 53.1 Å². The number of H-pyrrole nitrogens is 1. The van der Waals surface area contributed by atoms with Gasteiger partial charge in [0.2, 0.25) is 11.6 Å². The minimum atomic E-state index is -1.21. The third-order valence-corrected chi connectivity index (χ3v) is 2.94. The number of azo groups is 1. The molecule has 1 rings (SSSR count). The molecule has 0 saturated heterocycles. The highest BCUT2D eigenvalue weighted by Gasteiger charge is 2.34. The van der Waals surface area contributed by atoms with Crippen LogP contribution in [0.1, 0.15) is 47.2 Å². The minimum Gasteiger partial charge on any atom is -0.291 e. The fraction of sp³-hybridized carbons (Fsp3) is 0.600. The maximum absolute atomic E-state index is 12.1. The maximum atomic E-state index is 12.1. The lowest BCUT2D eigenvalue weighted by Gasteiger charge is -2.16. The van der Waals surface area contributed by atoms with Crippen molar-refractivity contribution in [1.82, 2.24) is 10.2 Å². The number of hydrogen-bond donors (Lipinski definition) is 1. The number of ketones is 1. The molecule has 0 aliphatic heterocycles. The van der Waals surface area contributed by atoms with Gasteiger partial charge in [0.25, 0.3) is 5.69 Å². The summed E-state index contributed by atoms with van der Waals surface area (Å²) in [5, 5.41) is 14.4. The van der Waals surface area contributed by atoms with Gasteiger partial charge in [0.05, 0.1) is 6.57 Å². The Labute approximate surface area is 130 Å². The molecule has 7 nitrogen and oxygen atoms in total. The first kappa shape index (κ1) is 17.5. The Bertz CT molecular complexity index is 673. The van der Waals surface area contributed by atoms with Crippen LogP contribution in [0.3, 0.4) is 0 Å². The summed E-state index contributed by atoms with van der Waals surface area (Å²) in [6.07, 6.45) is -1.21. The highest BCUT2D eigenvalue weighted by atomic mass is 16.1. The van der Waals surface area contributed by atoms with E-state index in [9.17, 15) is 4.79 Å². The van der Waals surface area contributed by atoms with Gasteiger partial charge in [-0.25, -0.2) is 11.4 Å². The van der Waals surface area contributed by atoms with Crippen molar-refractivity contribution >= 4 is 17.3 Å². The van der Waals surface area contributed by atoms with Crippen LogP contribution in [-0.4, -0.2) is 22.1 Å². The molecule has 0 radical (unpaired) electrons. The van der Waals surface area contributed by atoms with E-state index in [2.05, 4.69) is 30.1 Å². The molecule has 22 heavy (non-hydrogen) atoms. The van der Waals surface area contributed by atoms with Crippen LogP contribution in [-0.2, 0) is 10.2 Å².